The van der Waals surface area contributed by atoms with Crippen molar-refractivity contribution >= 4 is 27.8 Å². The van der Waals surface area contributed by atoms with Crippen LogP contribution in [0.5, 0.6) is 0 Å². The molecule has 0 unspecified atom stereocenters. The maximum Gasteiger partial charge on any atom is 0.326 e. The molecule has 4 nitrogen and oxygen atoms in total. The van der Waals surface area contributed by atoms with Crippen LogP contribution in [0.4, 0.5) is 0 Å². The summed E-state index contributed by atoms with van der Waals surface area (Å²) in [6.45, 7) is 0. The number of carbonyl (C=O) groups excluding carboxylic acids is 1. The second kappa shape index (κ2) is 7.75. The molecule has 22 heavy (non-hydrogen) atoms. The van der Waals surface area contributed by atoms with Crippen molar-refractivity contribution in [3.8, 4) is 0 Å². The van der Waals surface area contributed by atoms with Crippen molar-refractivity contribution in [2.75, 3.05) is 0 Å². The van der Waals surface area contributed by atoms with E-state index in [-0.39, 0.29) is 18.7 Å². The minimum atomic E-state index is -1.04. The fraction of sp³-hybridized carbons (Fsp3) is 0.176. The summed E-state index contributed by atoms with van der Waals surface area (Å²) in [5.74, 6) is -1.34. The highest BCUT2D eigenvalue weighted by Crippen LogP contribution is 2.13. The average molecular weight is 362 g/mol. The van der Waals surface area contributed by atoms with Crippen LogP contribution in [0.15, 0.2) is 59.1 Å². The molecule has 1 atom stereocenters. The Balaban J connectivity index is 1.99. The first-order chi connectivity index (χ1) is 10.5. The highest BCUT2D eigenvalue weighted by molar-refractivity contribution is 9.10. The van der Waals surface area contributed by atoms with Crippen molar-refractivity contribution in [2.24, 2.45) is 0 Å². The van der Waals surface area contributed by atoms with Gasteiger partial charge in [0, 0.05) is 10.9 Å². The van der Waals surface area contributed by atoms with Gasteiger partial charge < -0.3 is 10.4 Å². The van der Waals surface area contributed by atoms with Gasteiger partial charge in [-0.05, 0) is 23.3 Å². The Morgan fingerprint density at radius 3 is 2.36 bits per heavy atom. The lowest BCUT2D eigenvalue weighted by molar-refractivity contribution is -0.141. The van der Waals surface area contributed by atoms with Crippen molar-refractivity contribution in [2.45, 2.75) is 18.9 Å². The zero-order valence-electron chi connectivity index (χ0n) is 11.8. The molecule has 0 aliphatic rings. The molecule has 114 valence electrons. The van der Waals surface area contributed by atoms with E-state index in [2.05, 4.69) is 21.2 Å². The zero-order chi connectivity index (χ0) is 15.9. The van der Waals surface area contributed by atoms with Gasteiger partial charge in [-0.25, -0.2) is 4.79 Å². The van der Waals surface area contributed by atoms with E-state index in [1.54, 1.807) is 0 Å². The van der Waals surface area contributed by atoms with E-state index in [0.29, 0.717) is 0 Å². The lowest BCUT2D eigenvalue weighted by Gasteiger charge is -2.15. The zero-order valence-corrected chi connectivity index (χ0v) is 13.4. The molecule has 0 spiro atoms. The number of carbonyl (C=O) groups is 2. The topological polar surface area (TPSA) is 66.4 Å². The van der Waals surface area contributed by atoms with Crippen molar-refractivity contribution < 1.29 is 14.7 Å². The van der Waals surface area contributed by atoms with Gasteiger partial charge in [0.1, 0.15) is 6.04 Å². The second-order valence-corrected chi connectivity index (χ2v) is 5.87. The van der Waals surface area contributed by atoms with Gasteiger partial charge >= 0.3 is 5.97 Å². The van der Waals surface area contributed by atoms with E-state index < -0.39 is 12.0 Å². The van der Waals surface area contributed by atoms with Gasteiger partial charge in [0.15, 0.2) is 0 Å². The minimum absolute atomic E-state index is 0.170. The monoisotopic (exact) mass is 361 g/mol. The largest absolute Gasteiger partial charge is 0.480 e. The third kappa shape index (κ3) is 5.00. The first kappa shape index (κ1) is 16.2. The van der Waals surface area contributed by atoms with Gasteiger partial charge in [0.05, 0.1) is 6.42 Å². The Morgan fingerprint density at radius 1 is 1.05 bits per heavy atom. The van der Waals surface area contributed by atoms with Crippen LogP contribution in [-0.2, 0) is 22.4 Å². The summed E-state index contributed by atoms with van der Waals surface area (Å²) in [5.41, 5.74) is 1.70. The summed E-state index contributed by atoms with van der Waals surface area (Å²) >= 11 is 3.35. The number of carboxylic acid groups (broad SMARTS) is 1. The fourth-order valence-electron chi connectivity index (χ4n) is 2.13. The molecular weight excluding hydrogens is 346 g/mol. The predicted molar refractivity (Wildman–Crippen MR) is 87.6 cm³/mol. The maximum atomic E-state index is 12.0. The van der Waals surface area contributed by atoms with Gasteiger partial charge in [-0.1, -0.05) is 58.4 Å². The van der Waals surface area contributed by atoms with Crippen LogP contribution in [0.1, 0.15) is 11.1 Å². The molecule has 0 saturated carbocycles. The summed E-state index contributed by atoms with van der Waals surface area (Å²) in [4.78, 5) is 23.4. The first-order valence-corrected chi connectivity index (χ1v) is 7.64. The third-order valence-corrected chi connectivity index (χ3v) is 3.66. The summed E-state index contributed by atoms with van der Waals surface area (Å²) in [5, 5.41) is 11.9. The number of hydrogen-bond donors (Lipinski definition) is 2. The molecule has 0 aliphatic heterocycles. The Labute approximate surface area is 137 Å². The first-order valence-electron chi connectivity index (χ1n) is 6.85. The summed E-state index contributed by atoms with van der Waals surface area (Å²) < 4.78 is 0.879. The normalized spacial score (nSPS) is 11.7. The Bertz CT molecular complexity index is 658. The second-order valence-electron chi connectivity index (χ2n) is 4.95. The van der Waals surface area contributed by atoms with E-state index in [1.165, 1.54) is 0 Å². The molecule has 2 N–H and O–H groups in total. The lowest BCUT2D eigenvalue weighted by Crippen LogP contribution is -2.43. The van der Waals surface area contributed by atoms with Crippen LogP contribution < -0.4 is 5.32 Å². The molecule has 2 aromatic carbocycles. The quantitative estimate of drug-likeness (QED) is 0.831. The molecular formula is C17H16BrNO3. The minimum Gasteiger partial charge on any atom is -0.480 e. The number of carboxylic acids is 1. The van der Waals surface area contributed by atoms with Crippen LogP contribution in [0.2, 0.25) is 0 Å². The Morgan fingerprint density at radius 2 is 1.73 bits per heavy atom. The highest BCUT2D eigenvalue weighted by Gasteiger charge is 2.20. The predicted octanol–water partition coefficient (Wildman–Crippen LogP) is 2.80. The summed E-state index contributed by atoms with van der Waals surface area (Å²) in [6.07, 6.45) is 0.415. The molecule has 1 amide bonds. The SMILES string of the molecule is O=C(Cc1ccccc1)N[C@H](Cc1cccc(Br)c1)C(=O)O. The Hall–Kier alpha value is -2.14. The summed E-state index contributed by atoms with van der Waals surface area (Å²) in [7, 11) is 0. The molecule has 0 bridgehead atoms. The van der Waals surface area contributed by atoms with Gasteiger partial charge in [0.2, 0.25) is 5.91 Å². The van der Waals surface area contributed by atoms with Crippen molar-refractivity contribution in [1.29, 1.82) is 0 Å². The number of halogens is 1. The summed E-state index contributed by atoms with van der Waals surface area (Å²) in [6, 6.07) is 15.7. The molecule has 0 aliphatic carbocycles. The third-order valence-electron chi connectivity index (χ3n) is 3.17. The van der Waals surface area contributed by atoms with Crippen LogP contribution in [-0.4, -0.2) is 23.0 Å². The number of aliphatic carboxylic acids is 1. The molecule has 0 radical (unpaired) electrons. The fourth-order valence-corrected chi connectivity index (χ4v) is 2.57. The van der Waals surface area contributed by atoms with Gasteiger partial charge in [0.25, 0.3) is 0 Å². The standard InChI is InChI=1S/C17H16BrNO3/c18-14-8-4-7-13(9-14)10-15(17(21)22)19-16(20)11-12-5-2-1-3-6-12/h1-9,15H,10-11H2,(H,19,20)(H,21,22)/t15-/m1/s1. The van der Waals surface area contributed by atoms with E-state index >= 15 is 0 Å². The number of amides is 1. The molecule has 5 heteroatoms. The van der Waals surface area contributed by atoms with Crippen molar-refractivity contribution in [3.63, 3.8) is 0 Å². The van der Waals surface area contributed by atoms with Crippen LogP contribution >= 0.6 is 15.9 Å². The number of hydrogen-bond acceptors (Lipinski definition) is 2. The van der Waals surface area contributed by atoms with Crippen LogP contribution in [0.3, 0.4) is 0 Å². The van der Waals surface area contributed by atoms with Gasteiger partial charge in [-0.3, -0.25) is 4.79 Å². The van der Waals surface area contributed by atoms with E-state index in [0.717, 1.165) is 15.6 Å². The van der Waals surface area contributed by atoms with E-state index in [1.807, 2.05) is 54.6 Å². The lowest BCUT2D eigenvalue weighted by atomic mass is 10.1. The number of nitrogens with one attached hydrogen (secondary N) is 1. The van der Waals surface area contributed by atoms with Gasteiger partial charge in [-0.15, -0.1) is 0 Å². The molecule has 0 saturated heterocycles. The molecule has 2 aromatic rings. The smallest absolute Gasteiger partial charge is 0.326 e. The number of rotatable bonds is 6. The average Bonchev–Trinajstić information content (AvgIpc) is 2.47. The Kier molecular flexibility index (Phi) is 5.72. The van der Waals surface area contributed by atoms with Crippen LogP contribution in [0, 0.1) is 0 Å². The highest BCUT2D eigenvalue weighted by atomic mass is 79.9. The van der Waals surface area contributed by atoms with E-state index in [4.69, 9.17) is 0 Å². The molecule has 2 rings (SSSR count). The van der Waals surface area contributed by atoms with Gasteiger partial charge in [-0.2, -0.15) is 0 Å². The van der Waals surface area contributed by atoms with Crippen molar-refractivity contribution in [1.82, 2.24) is 5.32 Å². The maximum absolute atomic E-state index is 12.0. The number of benzene rings is 2. The van der Waals surface area contributed by atoms with Crippen LogP contribution in [0.25, 0.3) is 0 Å². The van der Waals surface area contributed by atoms with E-state index in [9.17, 15) is 14.7 Å². The molecule has 0 fully saturated rings. The van der Waals surface area contributed by atoms with Crippen molar-refractivity contribution in [3.05, 3.63) is 70.2 Å². The molecule has 0 aromatic heterocycles. The molecule has 0 heterocycles.